The lowest BCUT2D eigenvalue weighted by atomic mass is 9.99. The molecule has 0 saturated carbocycles. The Morgan fingerprint density at radius 1 is 0.884 bits per heavy atom. The standard InChI is InChI=1S/C32H26N2O7S2/c35-29-27(20-25-16-10-11-19-33-25)30-34(29)21-32(22-42(30,37)38,43(39,40)26-17-8-3-9-18-26)31(36)41-28(23-12-4-1-5-13-23)24-14-6-2-7-15-24/h1-20,28,30H,21-22H2/t30-,32?/m1/s1. The first kappa shape index (κ1) is 28.5. The Balaban J connectivity index is 1.46. The lowest BCUT2D eigenvalue weighted by Gasteiger charge is -2.50. The van der Waals surface area contributed by atoms with Gasteiger partial charge in [0.25, 0.3) is 5.91 Å². The molecule has 0 radical (unpaired) electrons. The van der Waals surface area contributed by atoms with Gasteiger partial charge in [0.05, 0.1) is 28.5 Å². The van der Waals surface area contributed by atoms with E-state index in [4.69, 9.17) is 4.74 Å². The molecule has 2 saturated heterocycles. The number of carbonyl (C=O) groups excluding carboxylic acids is 2. The van der Waals surface area contributed by atoms with Gasteiger partial charge >= 0.3 is 5.97 Å². The zero-order valence-electron chi connectivity index (χ0n) is 22.7. The monoisotopic (exact) mass is 614 g/mol. The number of benzene rings is 3. The van der Waals surface area contributed by atoms with E-state index >= 15 is 0 Å². The summed E-state index contributed by atoms with van der Waals surface area (Å²) in [5.74, 6) is -3.02. The fourth-order valence-corrected chi connectivity index (χ4v) is 10.3. The molecule has 6 rings (SSSR count). The van der Waals surface area contributed by atoms with E-state index in [1.807, 2.05) is 0 Å². The van der Waals surface area contributed by atoms with Gasteiger partial charge in [0, 0.05) is 6.20 Å². The number of pyridine rings is 1. The molecule has 4 aromatic rings. The summed E-state index contributed by atoms with van der Waals surface area (Å²) in [6.07, 6.45) is 1.84. The van der Waals surface area contributed by atoms with E-state index in [1.54, 1.807) is 84.9 Å². The Hall–Kier alpha value is -4.61. The van der Waals surface area contributed by atoms with Gasteiger partial charge in [-0.3, -0.25) is 14.6 Å². The van der Waals surface area contributed by atoms with E-state index in [-0.39, 0.29) is 10.5 Å². The summed E-state index contributed by atoms with van der Waals surface area (Å²) in [6.45, 7) is -0.693. The average molecular weight is 615 g/mol. The van der Waals surface area contributed by atoms with Crippen molar-refractivity contribution in [3.8, 4) is 0 Å². The van der Waals surface area contributed by atoms with Crippen LogP contribution in [0.15, 0.2) is 126 Å². The van der Waals surface area contributed by atoms with Crippen LogP contribution in [-0.2, 0) is 34.0 Å². The van der Waals surface area contributed by atoms with Crippen molar-refractivity contribution < 1.29 is 31.2 Å². The van der Waals surface area contributed by atoms with Crippen molar-refractivity contribution in [2.45, 2.75) is 21.1 Å². The maximum atomic E-state index is 14.3. The normalized spacial score (nSPS) is 22.1. The number of sulfone groups is 2. The zero-order chi connectivity index (χ0) is 30.2. The van der Waals surface area contributed by atoms with Gasteiger partial charge in [-0.15, -0.1) is 0 Å². The predicted molar refractivity (Wildman–Crippen MR) is 159 cm³/mol. The summed E-state index contributed by atoms with van der Waals surface area (Å²) >= 11 is 0. The number of rotatable bonds is 7. The number of hydrogen-bond donors (Lipinski definition) is 0. The molecule has 0 N–H and O–H groups in total. The fourth-order valence-electron chi connectivity index (χ4n) is 5.52. The smallest absolute Gasteiger partial charge is 0.331 e. The van der Waals surface area contributed by atoms with Crippen LogP contribution in [0.3, 0.4) is 0 Å². The molecular formula is C32H26N2O7S2. The summed E-state index contributed by atoms with van der Waals surface area (Å²) in [6, 6.07) is 29.6. The van der Waals surface area contributed by atoms with Crippen molar-refractivity contribution in [1.29, 1.82) is 0 Å². The Morgan fingerprint density at radius 3 is 2.00 bits per heavy atom. The minimum absolute atomic E-state index is 0.0378. The predicted octanol–water partition coefficient (Wildman–Crippen LogP) is 3.61. The van der Waals surface area contributed by atoms with Crippen LogP contribution < -0.4 is 0 Å². The number of esters is 1. The number of hydrogen-bond acceptors (Lipinski definition) is 8. The van der Waals surface area contributed by atoms with Crippen LogP contribution >= 0.6 is 0 Å². The second-order valence-corrected chi connectivity index (χ2v) is 14.7. The third-order valence-corrected chi connectivity index (χ3v) is 12.2. The molecule has 1 aromatic heterocycles. The van der Waals surface area contributed by atoms with Gasteiger partial charge in [-0.1, -0.05) is 84.9 Å². The van der Waals surface area contributed by atoms with Gasteiger partial charge in [-0.05, 0) is 41.5 Å². The molecule has 0 aliphatic carbocycles. The second-order valence-electron chi connectivity index (χ2n) is 10.4. The average Bonchev–Trinajstić information content (AvgIpc) is 3.03. The third-order valence-electron chi connectivity index (χ3n) is 7.62. The zero-order valence-corrected chi connectivity index (χ0v) is 24.3. The number of carbonyl (C=O) groups is 2. The quantitative estimate of drug-likeness (QED) is 0.176. The van der Waals surface area contributed by atoms with Gasteiger partial charge in [0.1, 0.15) is 0 Å². The van der Waals surface area contributed by atoms with Crippen LogP contribution in [-0.4, -0.2) is 61.0 Å². The van der Waals surface area contributed by atoms with E-state index in [2.05, 4.69) is 4.98 Å². The van der Waals surface area contributed by atoms with Gasteiger partial charge in [0.15, 0.2) is 31.2 Å². The Kier molecular flexibility index (Phi) is 7.23. The molecular weight excluding hydrogens is 588 g/mol. The Labute approximate surface area is 249 Å². The molecule has 2 atom stereocenters. The number of aromatic nitrogens is 1. The van der Waals surface area contributed by atoms with Crippen molar-refractivity contribution in [3.05, 3.63) is 138 Å². The number of amides is 1. The van der Waals surface area contributed by atoms with Crippen LogP contribution in [0.1, 0.15) is 22.9 Å². The van der Waals surface area contributed by atoms with E-state index in [9.17, 15) is 26.4 Å². The molecule has 2 fully saturated rings. The van der Waals surface area contributed by atoms with Crippen LogP contribution in [0.4, 0.5) is 0 Å². The Bertz CT molecular complexity index is 1880. The van der Waals surface area contributed by atoms with Gasteiger partial charge < -0.3 is 9.64 Å². The Morgan fingerprint density at radius 2 is 1.44 bits per heavy atom. The molecule has 3 heterocycles. The van der Waals surface area contributed by atoms with E-state index in [0.717, 1.165) is 4.90 Å². The second kappa shape index (κ2) is 10.9. The highest BCUT2D eigenvalue weighted by Crippen LogP contribution is 2.44. The first-order chi connectivity index (χ1) is 20.6. The molecule has 2 aliphatic rings. The summed E-state index contributed by atoms with van der Waals surface area (Å²) < 4.78 is 59.8. The lowest BCUT2D eigenvalue weighted by Crippen LogP contribution is -2.73. The van der Waals surface area contributed by atoms with Gasteiger partial charge in [-0.25, -0.2) is 16.8 Å². The van der Waals surface area contributed by atoms with Crippen molar-refractivity contribution in [3.63, 3.8) is 0 Å². The first-order valence-corrected chi connectivity index (χ1v) is 16.6. The van der Waals surface area contributed by atoms with E-state index < -0.39 is 60.1 Å². The van der Waals surface area contributed by atoms with Crippen molar-refractivity contribution in [2.75, 3.05) is 12.3 Å². The number of β-lactam (4-membered cyclic amide) rings is 1. The van der Waals surface area contributed by atoms with Crippen LogP contribution in [0, 0.1) is 0 Å². The topological polar surface area (TPSA) is 128 Å². The lowest BCUT2D eigenvalue weighted by molar-refractivity contribution is -0.152. The molecule has 1 unspecified atom stereocenters. The molecule has 9 nitrogen and oxygen atoms in total. The SMILES string of the molecule is O=C1C(=Cc2ccccn2)[C@@H]2N1CC(C(=O)OC(c1ccccc1)c1ccccc1)(S(=O)(=O)c1ccccc1)CS2(=O)=O. The molecule has 3 aromatic carbocycles. The maximum Gasteiger partial charge on any atom is 0.331 e. The molecule has 2 aliphatic heterocycles. The minimum atomic E-state index is -4.71. The number of nitrogens with zero attached hydrogens (tertiary/aromatic N) is 2. The van der Waals surface area contributed by atoms with Crippen molar-refractivity contribution >= 4 is 37.6 Å². The highest BCUT2D eigenvalue weighted by Gasteiger charge is 2.67. The molecule has 11 heteroatoms. The fraction of sp³-hybridized carbons (Fsp3) is 0.156. The highest BCUT2D eigenvalue weighted by atomic mass is 32.2. The van der Waals surface area contributed by atoms with E-state index in [1.165, 1.54) is 36.5 Å². The molecule has 0 spiro atoms. The van der Waals surface area contributed by atoms with Crippen LogP contribution in [0.2, 0.25) is 0 Å². The number of fused-ring (bicyclic) bond motifs is 1. The molecule has 1 amide bonds. The minimum Gasteiger partial charge on any atom is -0.451 e. The van der Waals surface area contributed by atoms with Gasteiger partial charge in [0.2, 0.25) is 4.75 Å². The molecule has 218 valence electrons. The summed E-state index contributed by atoms with van der Waals surface area (Å²) in [5, 5.41) is -1.41. The van der Waals surface area contributed by atoms with Crippen LogP contribution in [0.5, 0.6) is 0 Å². The highest BCUT2D eigenvalue weighted by molar-refractivity contribution is 7.97. The van der Waals surface area contributed by atoms with Crippen LogP contribution in [0.25, 0.3) is 6.08 Å². The molecule has 0 bridgehead atoms. The van der Waals surface area contributed by atoms with E-state index in [0.29, 0.717) is 16.8 Å². The largest absolute Gasteiger partial charge is 0.451 e. The van der Waals surface area contributed by atoms with Crippen molar-refractivity contribution in [1.82, 2.24) is 9.88 Å². The van der Waals surface area contributed by atoms with Gasteiger partial charge in [-0.2, -0.15) is 0 Å². The van der Waals surface area contributed by atoms with Crippen molar-refractivity contribution in [2.24, 2.45) is 0 Å². The summed E-state index contributed by atoms with van der Waals surface area (Å²) in [7, 11) is -9.11. The third kappa shape index (κ3) is 4.94. The molecule has 43 heavy (non-hydrogen) atoms. The summed E-state index contributed by atoms with van der Waals surface area (Å²) in [5.41, 5.74) is 1.46. The maximum absolute atomic E-state index is 14.3. The summed E-state index contributed by atoms with van der Waals surface area (Å²) in [4.78, 5) is 32.5. The first-order valence-electron chi connectivity index (χ1n) is 13.4. The number of ether oxygens (including phenoxy) is 1.